The summed E-state index contributed by atoms with van der Waals surface area (Å²) in [6, 6.07) is 17.1. The third kappa shape index (κ3) is 5.21. The predicted octanol–water partition coefficient (Wildman–Crippen LogP) is 3.53. The summed E-state index contributed by atoms with van der Waals surface area (Å²) in [5.41, 5.74) is 3.48. The molecule has 0 fully saturated rings. The van der Waals surface area contributed by atoms with Crippen molar-refractivity contribution in [3.8, 4) is 0 Å². The molecular weight excluding hydrogens is 406 g/mol. The fraction of sp³-hybridized carbons (Fsp3) is 0.192. The van der Waals surface area contributed by atoms with Crippen LogP contribution < -0.4 is 5.32 Å². The number of hydrogen-bond donors (Lipinski definition) is 1. The van der Waals surface area contributed by atoms with E-state index in [1.165, 1.54) is 20.3 Å². The van der Waals surface area contributed by atoms with Crippen LogP contribution in [-0.4, -0.2) is 31.7 Å². The van der Waals surface area contributed by atoms with Crippen molar-refractivity contribution in [3.63, 3.8) is 0 Å². The molecule has 0 unspecified atom stereocenters. The number of Topliss-reactive ketones (excluding diaryl/α,β-unsaturated/α-hetero) is 2. The number of nitrogens with one attached hydrogen (secondary N) is 1. The first-order chi connectivity index (χ1) is 15.4. The van der Waals surface area contributed by atoms with E-state index >= 15 is 0 Å². The van der Waals surface area contributed by atoms with Crippen molar-refractivity contribution >= 4 is 23.5 Å². The van der Waals surface area contributed by atoms with Crippen LogP contribution in [0.5, 0.6) is 0 Å². The molecule has 2 aromatic carbocycles. The second-order valence-corrected chi connectivity index (χ2v) is 7.28. The molecule has 1 aliphatic carbocycles. The summed E-state index contributed by atoms with van der Waals surface area (Å²) in [6.45, 7) is 2.08. The third-order valence-corrected chi connectivity index (χ3v) is 5.19. The molecule has 0 aliphatic heterocycles. The summed E-state index contributed by atoms with van der Waals surface area (Å²) in [6.07, 6.45) is 3.50. The van der Waals surface area contributed by atoms with Crippen LogP contribution >= 0.6 is 0 Å². The van der Waals surface area contributed by atoms with Crippen molar-refractivity contribution in [2.75, 3.05) is 14.2 Å². The van der Waals surface area contributed by atoms with Gasteiger partial charge in [-0.25, -0.2) is 0 Å². The van der Waals surface area contributed by atoms with Crippen LogP contribution in [0.3, 0.4) is 0 Å². The Bertz CT molecular complexity index is 1110. The normalized spacial score (nSPS) is 14.2. The van der Waals surface area contributed by atoms with Crippen molar-refractivity contribution in [1.82, 2.24) is 5.32 Å². The second-order valence-electron chi connectivity index (χ2n) is 7.28. The third-order valence-electron chi connectivity index (χ3n) is 5.19. The van der Waals surface area contributed by atoms with Gasteiger partial charge in [0.1, 0.15) is 0 Å². The van der Waals surface area contributed by atoms with Gasteiger partial charge in [-0.1, -0.05) is 54.6 Å². The highest BCUT2D eigenvalue weighted by molar-refractivity contribution is 6.23. The van der Waals surface area contributed by atoms with E-state index in [1.807, 2.05) is 54.6 Å². The van der Waals surface area contributed by atoms with Crippen molar-refractivity contribution in [3.05, 3.63) is 100 Å². The Balaban J connectivity index is 1.64. The highest BCUT2D eigenvalue weighted by Crippen LogP contribution is 2.28. The predicted molar refractivity (Wildman–Crippen MR) is 121 cm³/mol. The molecule has 0 saturated heterocycles. The van der Waals surface area contributed by atoms with E-state index in [1.54, 1.807) is 13.0 Å². The molecule has 1 aliphatic rings. The molecule has 2 aromatic rings. The van der Waals surface area contributed by atoms with Gasteiger partial charge < -0.3 is 14.8 Å². The lowest BCUT2D eigenvalue weighted by Gasteiger charge is -2.20. The summed E-state index contributed by atoms with van der Waals surface area (Å²) in [5, 5.41) is 2.84. The van der Waals surface area contributed by atoms with E-state index in [-0.39, 0.29) is 29.0 Å². The smallest absolute Gasteiger partial charge is 0.244 e. The Hall–Kier alpha value is -3.93. The van der Waals surface area contributed by atoms with Gasteiger partial charge in [0.25, 0.3) is 0 Å². The number of benzene rings is 2. The fourth-order valence-electron chi connectivity index (χ4n) is 3.37. The summed E-state index contributed by atoms with van der Waals surface area (Å²) in [5.74, 6) is -1.01. The first kappa shape index (κ1) is 22.7. The zero-order valence-corrected chi connectivity index (χ0v) is 18.3. The van der Waals surface area contributed by atoms with Crippen molar-refractivity contribution in [1.29, 1.82) is 0 Å². The van der Waals surface area contributed by atoms with Crippen LogP contribution in [0.15, 0.2) is 83.3 Å². The number of ketones is 2. The van der Waals surface area contributed by atoms with Crippen LogP contribution in [0.4, 0.5) is 0 Å². The maximum absolute atomic E-state index is 12.8. The lowest BCUT2D eigenvalue weighted by Crippen LogP contribution is -2.25. The van der Waals surface area contributed by atoms with E-state index in [4.69, 9.17) is 9.47 Å². The number of amides is 1. The molecule has 0 radical (unpaired) electrons. The molecule has 0 spiro atoms. The topological polar surface area (TPSA) is 81.7 Å². The molecular formula is C26H25NO5. The maximum atomic E-state index is 12.8. The Morgan fingerprint density at radius 1 is 0.875 bits per heavy atom. The van der Waals surface area contributed by atoms with Gasteiger partial charge in [0.2, 0.25) is 29.0 Å². The van der Waals surface area contributed by atoms with Gasteiger partial charge in [-0.2, -0.15) is 0 Å². The quantitative estimate of drug-likeness (QED) is 0.511. The van der Waals surface area contributed by atoms with Crippen molar-refractivity contribution in [2.45, 2.75) is 19.9 Å². The monoisotopic (exact) mass is 431 g/mol. The standard InChI is InChI=1S/C26H25NO5/c1-17-21(24(30)26(32-3)25(31-2)23(17)29)15-19-11-9-18(10-12-19)13-14-22(28)27-16-20-7-5-4-6-8-20/h4-14H,15-16H2,1-3H3,(H,27,28). The van der Waals surface area contributed by atoms with Crippen LogP contribution in [0.1, 0.15) is 23.6 Å². The number of carbonyl (C=O) groups excluding carboxylic acids is 3. The molecule has 1 amide bonds. The molecule has 6 nitrogen and oxygen atoms in total. The first-order valence-corrected chi connectivity index (χ1v) is 10.1. The lowest BCUT2D eigenvalue weighted by atomic mass is 9.89. The van der Waals surface area contributed by atoms with Crippen LogP contribution in [0.25, 0.3) is 6.08 Å². The highest BCUT2D eigenvalue weighted by Gasteiger charge is 2.34. The van der Waals surface area contributed by atoms with Crippen molar-refractivity contribution in [2.24, 2.45) is 0 Å². The van der Waals surface area contributed by atoms with Crippen molar-refractivity contribution < 1.29 is 23.9 Å². The molecule has 3 rings (SSSR count). The molecule has 0 aromatic heterocycles. The van der Waals surface area contributed by atoms with E-state index < -0.39 is 0 Å². The van der Waals surface area contributed by atoms with Crippen LogP contribution in [-0.2, 0) is 36.8 Å². The SMILES string of the molecule is COC1=C(OC)C(=O)C(Cc2ccc(C=CC(=O)NCc3ccccc3)cc2)=C(C)C1=O. The molecule has 0 atom stereocenters. The Labute approximate surface area is 187 Å². The van der Waals surface area contributed by atoms with E-state index in [0.29, 0.717) is 24.1 Å². The molecule has 1 N–H and O–H groups in total. The molecule has 0 heterocycles. The molecule has 0 saturated carbocycles. The van der Waals surface area contributed by atoms with Gasteiger partial charge in [-0.15, -0.1) is 0 Å². The van der Waals surface area contributed by atoms with E-state index in [0.717, 1.165) is 16.7 Å². The largest absolute Gasteiger partial charge is 0.489 e. The Kier molecular flexibility index (Phi) is 7.39. The van der Waals surface area contributed by atoms with Gasteiger partial charge in [0.15, 0.2) is 0 Å². The van der Waals surface area contributed by atoms with Crippen LogP contribution in [0, 0.1) is 0 Å². The molecule has 0 bridgehead atoms. The summed E-state index contributed by atoms with van der Waals surface area (Å²) < 4.78 is 10.2. The summed E-state index contributed by atoms with van der Waals surface area (Å²) in [7, 11) is 2.68. The average molecular weight is 431 g/mol. The number of carbonyl (C=O) groups is 3. The molecule has 32 heavy (non-hydrogen) atoms. The van der Waals surface area contributed by atoms with E-state index in [9.17, 15) is 14.4 Å². The van der Waals surface area contributed by atoms with Crippen LogP contribution in [0.2, 0.25) is 0 Å². The minimum atomic E-state index is -0.347. The number of hydrogen-bond acceptors (Lipinski definition) is 5. The van der Waals surface area contributed by atoms with Gasteiger partial charge in [0.05, 0.1) is 14.2 Å². The van der Waals surface area contributed by atoms with Gasteiger partial charge in [-0.3, -0.25) is 14.4 Å². The van der Waals surface area contributed by atoms with Gasteiger partial charge in [0, 0.05) is 30.2 Å². The number of allylic oxidation sites excluding steroid dienone is 2. The number of methoxy groups -OCH3 is 2. The minimum Gasteiger partial charge on any atom is -0.489 e. The minimum absolute atomic E-state index is 0.0650. The molecule has 164 valence electrons. The van der Waals surface area contributed by atoms with E-state index in [2.05, 4.69) is 5.32 Å². The maximum Gasteiger partial charge on any atom is 0.244 e. The van der Waals surface area contributed by atoms with Gasteiger partial charge in [-0.05, 0) is 29.7 Å². The summed E-state index contributed by atoms with van der Waals surface area (Å²) in [4.78, 5) is 37.3. The Morgan fingerprint density at radius 3 is 2.12 bits per heavy atom. The van der Waals surface area contributed by atoms with Gasteiger partial charge >= 0.3 is 0 Å². The fourth-order valence-corrected chi connectivity index (χ4v) is 3.37. The lowest BCUT2D eigenvalue weighted by molar-refractivity contribution is -0.121. The zero-order chi connectivity index (χ0) is 23.1. The highest BCUT2D eigenvalue weighted by atomic mass is 16.5. The number of ether oxygens (including phenoxy) is 2. The zero-order valence-electron chi connectivity index (χ0n) is 18.3. The molecule has 6 heteroatoms. The Morgan fingerprint density at radius 2 is 1.50 bits per heavy atom. The number of rotatable bonds is 8. The second kappa shape index (κ2) is 10.4. The summed E-state index contributed by atoms with van der Waals surface area (Å²) >= 11 is 0. The first-order valence-electron chi connectivity index (χ1n) is 10.1. The average Bonchev–Trinajstić information content (AvgIpc) is 2.82.